The maximum absolute atomic E-state index is 13.8. The molecule has 212 valence electrons. The third-order valence-corrected chi connectivity index (χ3v) is 8.80. The van der Waals surface area contributed by atoms with E-state index in [1.807, 2.05) is 24.3 Å². The highest BCUT2D eigenvalue weighted by Gasteiger charge is 2.31. The molecule has 1 heterocycles. The smallest absolute Gasteiger partial charge is 0.273 e. The highest BCUT2D eigenvalue weighted by Crippen LogP contribution is 2.35. The number of sulfonamides is 1. The third kappa shape index (κ3) is 6.65. The number of carbonyl (C=O) groups excluding carboxylic acids is 1. The van der Waals surface area contributed by atoms with Gasteiger partial charge in [-0.25, -0.2) is 8.42 Å². The summed E-state index contributed by atoms with van der Waals surface area (Å²) in [5, 5.41) is 14.5. The summed E-state index contributed by atoms with van der Waals surface area (Å²) in [6.45, 7) is 3.15. The van der Waals surface area contributed by atoms with Crippen molar-refractivity contribution in [3.8, 4) is 5.75 Å². The Morgan fingerprint density at radius 1 is 1.07 bits per heavy atom. The van der Waals surface area contributed by atoms with Crippen molar-refractivity contribution in [1.82, 2.24) is 5.32 Å². The first-order valence-corrected chi connectivity index (χ1v) is 14.6. The Balaban J connectivity index is 1.58. The minimum Gasteiger partial charge on any atom is -0.495 e. The van der Waals surface area contributed by atoms with Gasteiger partial charge in [0.25, 0.3) is 15.7 Å². The number of rotatable bonds is 10. The van der Waals surface area contributed by atoms with Crippen LogP contribution in [0, 0.1) is 17.0 Å². The van der Waals surface area contributed by atoms with E-state index in [4.69, 9.17) is 16.3 Å². The lowest BCUT2D eigenvalue weighted by Crippen LogP contribution is -2.41. The fourth-order valence-electron chi connectivity index (χ4n) is 4.59. The van der Waals surface area contributed by atoms with Crippen molar-refractivity contribution in [1.29, 1.82) is 0 Å². The monoisotopic (exact) mass is 586 g/mol. The zero-order valence-corrected chi connectivity index (χ0v) is 23.9. The number of amides is 1. The molecular formula is C28H31ClN4O6S. The summed E-state index contributed by atoms with van der Waals surface area (Å²) in [7, 11) is -3.09. The van der Waals surface area contributed by atoms with Gasteiger partial charge in [0.15, 0.2) is 0 Å². The summed E-state index contributed by atoms with van der Waals surface area (Å²) in [6, 6.07) is 15.9. The van der Waals surface area contributed by atoms with Crippen molar-refractivity contribution in [2.45, 2.75) is 37.6 Å². The van der Waals surface area contributed by atoms with Gasteiger partial charge >= 0.3 is 0 Å². The molecule has 0 aromatic heterocycles. The topological polar surface area (TPSA) is 122 Å². The molecule has 4 rings (SSSR count). The number of piperidine rings is 1. The lowest BCUT2D eigenvalue weighted by Gasteiger charge is -2.29. The van der Waals surface area contributed by atoms with Gasteiger partial charge in [-0.2, -0.15) is 0 Å². The van der Waals surface area contributed by atoms with E-state index in [1.54, 1.807) is 0 Å². The number of aryl methyl sites for hydroxylation is 1. The number of halogens is 1. The number of nitrogens with one attached hydrogen (secondary N) is 1. The Hall–Kier alpha value is -3.83. The van der Waals surface area contributed by atoms with Crippen LogP contribution < -0.4 is 19.3 Å². The number of ether oxygens (including phenoxy) is 1. The van der Waals surface area contributed by atoms with Crippen LogP contribution in [-0.4, -0.2) is 46.0 Å². The first kappa shape index (κ1) is 29.2. The SMILES string of the molecule is COc1ccc(Cl)cc1N(CC(=O)NCc1ccc(N2CCCCC2)cc1)S(=O)(=O)c1ccc(C)c([N+](=O)[O-])c1. The quantitative estimate of drug-likeness (QED) is 0.260. The fourth-order valence-corrected chi connectivity index (χ4v) is 6.21. The van der Waals surface area contributed by atoms with Crippen molar-refractivity contribution >= 4 is 44.6 Å². The zero-order valence-electron chi connectivity index (χ0n) is 22.3. The fraction of sp³-hybridized carbons (Fsp3) is 0.321. The van der Waals surface area contributed by atoms with Gasteiger partial charge in [-0.3, -0.25) is 19.2 Å². The Kier molecular flexibility index (Phi) is 9.16. The second-order valence-corrected chi connectivity index (χ2v) is 11.8. The maximum Gasteiger partial charge on any atom is 0.273 e. The van der Waals surface area contributed by atoms with Gasteiger partial charge in [0.2, 0.25) is 5.91 Å². The molecule has 3 aromatic rings. The largest absolute Gasteiger partial charge is 0.495 e. The van der Waals surface area contributed by atoms with E-state index >= 15 is 0 Å². The van der Waals surface area contributed by atoms with Crippen molar-refractivity contribution in [2.75, 3.05) is 35.9 Å². The number of nitrogens with zero attached hydrogens (tertiary/aromatic N) is 3. The molecule has 0 aliphatic carbocycles. The zero-order chi connectivity index (χ0) is 28.9. The van der Waals surface area contributed by atoms with E-state index in [0.717, 1.165) is 34.7 Å². The number of nitro benzene ring substituents is 1. The molecule has 0 radical (unpaired) electrons. The average Bonchev–Trinajstić information content (AvgIpc) is 2.95. The molecule has 0 bridgehead atoms. The van der Waals surface area contributed by atoms with Crippen molar-refractivity contribution in [3.05, 3.63) is 86.9 Å². The molecule has 0 atom stereocenters. The van der Waals surface area contributed by atoms with Crippen LogP contribution in [0.25, 0.3) is 0 Å². The van der Waals surface area contributed by atoms with E-state index < -0.39 is 27.4 Å². The van der Waals surface area contributed by atoms with Gasteiger partial charge in [0.05, 0.1) is 22.6 Å². The third-order valence-electron chi connectivity index (χ3n) is 6.81. The second-order valence-electron chi connectivity index (χ2n) is 9.52. The van der Waals surface area contributed by atoms with Crippen LogP contribution in [0.15, 0.2) is 65.6 Å². The Morgan fingerprint density at radius 2 is 1.77 bits per heavy atom. The summed E-state index contributed by atoms with van der Waals surface area (Å²) in [4.78, 5) is 25.9. The Morgan fingerprint density at radius 3 is 2.42 bits per heavy atom. The molecule has 1 N–H and O–H groups in total. The number of nitro groups is 1. The van der Waals surface area contributed by atoms with Gasteiger partial charge in [-0.1, -0.05) is 29.8 Å². The molecule has 40 heavy (non-hydrogen) atoms. The second kappa shape index (κ2) is 12.6. The van der Waals surface area contributed by atoms with Crippen LogP contribution in [0.5, 0.6) is 5.75 Å². The number of hydrogen-bond donors (Lipinski definition) is 1. The number of methoxy groups -OCH3 is 1. The molecule has 1 amide bonds. The maximum atomic E-state index is 13.8. The summed E-state index contributed by atoms with van der Waals surface area (Å²) in [5.41, 5.74) is 1.97. The number of anilines is 2. The molecule has 1 aliphatic rings. The van der Waals surface area contributed by atoms with Gasteiger partial charge in [0, 0.05) is 42.0 Å². The highest BCUT2D eigenvalue weighted by atomic mass is 35.5. The van der Waals surface area contributed by atoms with Crippen LogP contribution in [0.1, 0.15) is 30.4 Å². The first-order chi connectivity index (χ1) is 19.1. The summed E-state index contributed by atoms with van der Waals surface area (Å²) in [5.74, 6) is -0.414. The van der Waals surface area contributed by atoms with Crippen LogP contribution in [0.4, 0.5) is 17.1 Å². The molecule has 0 spiro atoms. The lowest BCUT2D eigenvalue weighted by molar-refractivity contribution is -0.385. The number of carbonyl (C=O) groups is 1. The summed E-state index contributed by atoms with van der Waals surface area (Å²) >= 11 is 6.18. The standard InChI is InChI=1S/C28H31ClN4O6S/c1-20-6-12-24(17-25(20)33(35)36)40(37,38)32(26-16-22(29)9-13-27(26)39-2)19-28(34)30-18-21-7-10-23(11-8-21)31-14-4-3-5-15-31/h6-13,16-17H,3-5,14-15,18-19H2,1-2H3,(H,30,34). The van der Waals surface area contributed by atoms with Gasteiger partial charge in [-0.15, -0.1) is 0 Å². The van der Waals surface area contributed by atoms with E-state index in [2.05, 4.69) is 10.2 Å². The lowest BCUT2D eigenvalue weighted by atomic mass is 10.1. The number of benzene rings is 3. The molecule has 10 nitrogen and oxygen atoms in total. The molecule has 3 aromatic carbocycles. The van der Waals surface area contributed by atoms with Crippen LogP contribution in [0.2, 0.25) is 5.02 Å². The van der Waals surface area contributed by atoms with Crippen molar-refractivity contribution in [3.63, 3.8) is 0 Å². The minimum atomic E-state index is -4.45. The number of hydrogen-bond acceptors (Lipinski definition) is 7. The predicted molar refractivity (Wildman–Crippen MR) is 155 cm³/mol. The molecule has 1 aliphatic heterocycles. The minimum absolute atomic E-state index is 0.0271. The molecule has 12 heteroatoms. The Bertz CT molecular complexity index is 1490. The first-order valence-electron chi connectivity index (χ1n) is 12.8. The molecule has 0 unspecified atom stereocenters. The van der Waals surface area contributed by atoms with Crippen LogP contribution in [0.3, 0.4) is 0 Å². The molecule has 1 fully saturated rings. The average molecular weight is 587 g/mol. The van der Waals surface area contributed by atoms with E-state index in [9.17, 15) is 23.3 Å². The molecule has 0 saturated carbocycles. The summed E-state index contributed by atoms with van der Waals surface area (Å²) in [6.07, 6.45) is 3.59. The van der Waals surface area contributed by atoms with Crippen molar-refractivity contribution < 1.29 is 22.9 Å². The summed E-state index contributed by atoms with van der Waals surface area (Å²) < 4.78 is 33.8. The Labute approximate surface area is 238 Å². The highest BCUT2D eigenvalue weighted by molar-refractivity contribution is 7.92. The van der Waals surface area contributed by atoms with E-state index in [-0.39, 0.29) is 33.6 Å². The predicted octanol–water partition coefficient (Wildman–Crippen LogP) is 5.07. The van der Waals surface area contributed by atoms with E-state index in [1.165, 1.54) is 63.6 Å². The van der Waals surface area contributed by atoms with Crippen molar-refractivity contribution in [2.24, 2.45) is 0 Å². The van der Waals surface area contributed by atoms with Gasteiger partial charge in [-0.05, 0) is 68.1 Å². The molecular weight excluding hydrogens is 556 g/mol. The van der Waals surface area contributed by atoms with Gasteiger partial charge < -0.3 is 15.0 Å². The van der Waals surface area contributed by atoms with Crippen LogP contribution in [-0.2, 0) is 21.4 Å². The normalized spacial score (nSPS) is 13.5. The van der Waals surface area contributed by atoms with Gasteiger partial charge in [0.1, 0.15) is 12.3 Å². The van der Waals surface area contributed by atoms with E-state index in [0.29, 0.717) is 5.56 Å². The molecule has 1 saturated heterocycles. The van der Waals surface area contributed by atoms with Crippen LogP contribution >= 0.6 is 11.6 Å².